The molecule has 3 aromatic rings. The maximum atomic E-state index is 12.9. The fourth-order valence-corrected chi connectivity index (χ4v) is 3.75. The second-order valence-electron chi connectivity index (χ2n) is 9.26. The summed E-state index contributed by atoms with van der Waals surface area (Å²) in [6.07, 6.45) is 3.15. The summed E-state index contributed by atoms with van der Waals surface area (Å²) in [4.78, 5) is 38.2. The quantitative estimate of drug-likeness (QED) is 0.201. The smallest absolute Gasteiger partial charge is 0.272 e. The van der Waals surface area contributed by atoms with Crippen molar-refractivity contribution in [2.45, 2.75) is 24.6 Å². The normalized spacial score (nSPS) is 12.8. The Kier molecular flexibility index (Phi) is 9.27. The maximum Gasteiger partial charge on any atom is 0.272 e. The Morgan fingerprint density at radius 3 is 2.59 bits per heavy atom. The predicted octanol–water partition coefficient (Wildman–Crippen LogP) is -0.555. The molecule has 1 saturated carbocycles. The maximum absolute atomic E-state index is 12.9. The van der Waals surface area contributed by atoms with Crippen molar-refractivity contribution < 1.29 is 23.9 Å². The topological polar surface area (TPSA) is 174 Å². The number of rotatable bonds is 13. The first-order chi connectivity index (χ1) is 19.6. The molecule has 0 unspecified atom stereocenters. The average molecular weight is 553 g/mol. The van der Waals surface area contributed by atoms with Crippen LogP contribution in [-0.2, 0) is 20.9 Å². The third kappa shape index (κ3) is 8.07. The summed E-state index contributed by atoms with van der Waals surface area (Å²) in [5.74, 6) is -0.794. The minimum absolute atomic E-state index is 0.0366. The number of hydrogen-bond acceptors (Lipinski definition) is 10. The number of carbonyl (C=O) groups excluding carboxylic acids is 3. The molecule has 0 spiro atoms. The van der Waals surface area contributed by atoms with Crippen LogP contribution in [-0.4, -0.2) is 99.1 Å². The van der Waals surface area contributed by atoms with Crippen LogP contribution >= 0.6 is 0 Å². The van der Waals surface area contributed by atoms with Crippen molar-refractivity contribution in [2.75, 3.05) is 38.0 Å². The predicted molar refractivity (Wildman–Crippen MR) is 151 cm³/mol. The number of nitrogens with zero attached hydrogens (tertiary/aromatic N) is 5. The lowest BCUT2D eigenvalue weighted by Crippen LogP contribution is -2.50. The molecule has 17 heteroatoms. The Morgan fingerprint density at radius 1 is 1.12 bits per heavy atom. The van der Waals surface area contributed by atoms with Crippen molar-refractivity contribution in [3.05, 3.63) is 36.2 Å². The van der Waals surface area contributed by atoms with Gasteiger partial charge in [-0.2, -0.15) is 15.0 Å². The summed E-state index contributed by atoms with van der Waals surface area (Å²) in [5.41, 5.74) is 1.50. The Balaban J connectivity index is 1.60. The lowest BCUT2D eigenvalue weighted by atomic mass is 9.49. The summed E-state index contributed by atoms with van der Waals surface area (Å²) in [6.45, 7) is 0.604. The number of hydrogen-bond donors (Lipinski definition) is 4. The molecule has 0 saturated heterocycles. The van der Waals surface area contributed by atoms with E-state index in [4.69, 9.17) is 33.0 Å². The van der Waals surface area contributed by atoms with Gasteiger partial charge in [-0.1, -0.05) is 11.3 Å². The highest BCUT2D eigenvalue weighted by Gasteiger charge is 2.30. The summed E-state index contributed by atoms with van der Waals surface area (Å²) < 4.78 is 10.5. The highest BCUT2D eigenvalue weighted by atomic mass is 16.5. The van der Waals surface area contributed by atoms with E-state index in [9.17, 15) is 14.4 Å². The van der Waals surface area contributed by atoms with Crippen molar-refractivity contribution in [3.8, 4) is 17.0 Å². The Labute approximate surface area is 239 Å². The molecule has 14 nitrogen and oxygen atoms in total. The molecule has 6 radical (unpaired) electrons. The van der Waals surface area contributed by atoms with Gasteiger partial charge in [0.25, 0.3) is 5.91 Å². The lowest BCUT2D eigenvalue weighted by molar-refractivity contribution is -0.124. The van der Waals surface area contributed by atoms with Gasteiger partial charge >= 0.3 is 0 Å². The molecule has 4 N–H and O–H groups in total. The third-order valence-electron chi connectivity index (χ3n) is 5.75. The van der Waals surface area contributed by atoms with Crippen LogP contribution in [0.15, 0.2) is 30.5 Å². The summed E-state index contributed by atoms with van der Waals surface area (Å²) in [5, 5.41) is 25.4. The molecule has 4 rings (SSSR count). The van der Waals surface area contributed by atoms with E-state index in [1.807, 2.05) is 0 Å². The molecule has 0 aliphatic heterocycles. The number of anilines is 3. The van der Waals surface area contributed by atoms with Crippen LogP contribution in [0, 0.1) is 5.92 Å². The zero-order valence-corrected chi connectivity index (χ0v) is 22.5. The van der Waals surface area contributed by atoms with Gasteiger partial charge in [0.15, 0.2) is 17.3 Å². The molecule has 206 valence electrons. The van der Waals surface area contributed by atoms with E-state index in [1.54, 1.807) is 24.4 Å². The molecule has 0 bridgehead atoms. The number of carbonyl (C=O) groups is 3. The van der Waals surface area contributed by atoms with Gasteiger partial charge in [0.2, 0.25) is 11.8 Å². The number of nitrogens with one attached hydrogen (secondary N) is 4. The molecule has 2 aromatic heterocycles. The fraction of sp³-hybridized carbons (Fsp3) is 0.375. The Morgan fingerprint density at radius 2 is 1.90 bits per heavy atom. The van der Waals surface area contributed by atoms with E-state index in [-0.39, 0.29) is 41.5 Å². The minimum atomic E-state index is -2.01. The van der Waals surface area contributed by atoms with Crippen molar-refractivity contribution >= 4 is 58.5 Å². The average Bonchev–Trinajstić information content (AvgIpc) is 3.66. The van der Waals surface area contributed by atoms with Crippen LogP contribution in [0.2, 0.25) is 0 Å². The van der Waals surface area contributed by atoms with Crippen LogP contribution in [0.1, 0.15) is 23.3 Å². The highest BCUT2D eigenvalue weighted by molar-refractivity contribution is 6.60. The van der Waals surface area contributed by atoms with Gasteiger partial charge in [0.05, 0.1) is 54.8 Å². The number of ether oxygens (including phenoxy) is 2. The van der Waals surface area contributed by atoms with Crippen LogP contribution < -0.4 is 26.0 Å². The molecule has 1 aliphatic carbocycles. The molecule has 2 heterocycles. The van der Waals surface area contributed by atoms with Gasteiger partial charge in [-0.3, -0.25) is 14.4 Å². The van der Waals surface area contributed by atoms with Gasteiger partial charge in [-0.15, -0.1) is 10.2 Å². The molecule has 1 aliphatic rings. The molecule has 0 atom stereocenters. The summed E-state index contributed by atoms with van der Waals surface area (Å²) in [6, 6.07) is 6.69. The van der Waals surface area contributed by atoms with E-state index in [0.29, 0.717) is 35.8 Å². The third-order valence-corrected chi connectivity index (χ3v) is 5.75. The number of benzene rings is 1. The zero-order valence-electron chi connectivity index (χ0n) is 22.5. The fourth-order valence-electron chi connectivity index (χ4n) is 3.75. The first-order valence-electron chi connectivity index (χ1n) is 12.6. The molecule has 1 aromatic carbocycles. The summed E-state index contributed by atoms with van der Waals surface area (Å²) in [7, 11) is 19.5. The minimum Gasteiger partial charge on any atom is -0.494 e. The number of para-hydroxylation sites is 1. The molecule has 41 heavy (non-hydrogen) atoms. The van der Waals surface area contributed by atoms with Gasteiger partial charge in [0.1, 0.15) is 12.3 Å². The molecular weight excluding hydrogens is 527 g/mol. The highest BCUT2D eigenvalue weighted by Crippen LogP contribution is 2.37. The van der Waals surface area contributed by atoms with Crippen molar-refractivity contribution in [1.82, 2.24) is 35.8 Å². The Hall–Kier alpha value is -4.40. The van der Waals surface area contributed by atoms with Crippen LogP contribution in [0.25, 0.3) is 11.3 Å². The zero-order chi connectivity index (χ0) is 29.6. The Bertz CT molecular complexity index is 1430. The number of amides is 3. The molecule has 1 fully saturated rings. The van der Waals surface area contributed by atoms with Crippen molar-refractivity contribution in [2.24, 2.45) is 5.92 Å². The first-order valence-corrected chi connectivity index (χ1v) is 12.6. The second-order valence-corrected chi connectivity index (χ2v) is 9.26. The molecule has 3 amide bonds. The first kappa shape index (κ1) is 29.6. The number of aromatic nitrogens is 5. The van der Waals surface area contributed by atoms with E-state index >= 15 is 0 Å². The van der Waals surface area contributed by atoms with Gasteiger partial charge in [0, 0.05) is 31.2 Å². The van der Waals surface area contributed by atoms with Crippen molar-refractivity contribution in [3.63, 3.8) is 0 Å². The van der Waals surface area contributed by atoms with E-state index in [2.05, 4.69) is 41.7 Å². The standard InChI is InChI=1S/C24H26B3N9O5/c1-40-12-19(37)28-8-9-36-29-11-17(35-36)14-4-3-5-15(21(14)41-2)30-16-10-18(31-22(38)13-6-7-13)33-34-20(16)23(39)32-24(25,26)27/h3-5,10-11,13H,6-9,12H2,1-2H3,(H,28,37)(H,32,39)(H2,30,31,33,38). The summed E-state index contributed by atoms with van der Waals surface area (Å²) >= 11 is 0. The van der Waals surface area contributed by atoms with Gasteiger partial charge in [-0.05, 0) is 25.0 Å². The number of methoxy groups -OCH3 is 2. The van der Waals surface area contributed by atoms with E-state index in [0.717, 1.165) is 12.8 Å². The van der Waals surface area contributed by atoms with E-state index in [1.165, 1.54) is 25.1 Å². The second kappa shape index (κ2) is 12.8. The van der Waals surface area contributed by atoms with Crippen LogP contribution in [0.3, 0.4) is 0 Å². The SMILES string of the molecule is [B]C([B])([B])NC(=O)c1nnc(NC(=O)C2CC2)cc1Nc1cccc(-c2cnn(CCNC(=O)COC)n2)c1OC. The van der Waals surface area contributed by atoms with Gasteiger partial charge < -0.3 is 30.7 Å². The lowest BCUT2D eigenvalue weighted by Gasteiger charge is -2.23. The van der Waals surface area contributed by atoms with Gasteiger partial charge in [-0.25, -0.2) is 0 Å². The van der Waals surface area contributed by atoms with Crippen LogP contribution in [0.4, 0.5) is 17.2 Å². The largest absolute Gasteiger partial charge is 0.494 e. The van der Waals surface area contributed by atoms with E-state index < -0.39 is 11.1 Å². The van der Waals surface area contributed by atoms with Crippen LogP contribution in [0.5, 0.6) is 5.75 Å². The van der Waals surface area contributed by atoms with Crippen molar-refractivity contribution in [1.29, 1.82) is 0 Å². The molecular formula is C24H26B3N9O5. The monoisotopic (exact) mass is 553 g/mol.